The molecule has 8 amide bonds. The predicted octanol–water partition coefficient (Wildman–Crippen LogP) is 13.6. The highest BCUT2D eigenvalue weighted by Gasteiger charge is 2.63. The molecule has 8 aliphatic rings. The molecule has 10 heterocycles. The van der Waals surface area contributed by atoms with Gasteiger partial charge in [-0.15, -0.1) is 22.7 Å². The Hall–Kier alpha value is -12.4. The minimum atomic E-state index is -3.84. The van der Waals surface area contributed by atoms with Gasteiger partial charge in [-0.25, -0.2) is 47.5 Å². The molecule has 2 aliphatic carbocycles. The van der Waals surface area contributed by atoms with E-state index in [0.29, 0.717) is 112 Å². The Morgan fingerprint density at radius 3 is 1.40 bits per heavy atom. The van der Waals surface area contributed by atoms with Crippen molar-refractivity contribution in [2.45, 2.75) is 242 Å². The maximum atomic E-state index is 15.0. The molecule has 37 heteroatoms. The molecule has 712 valence electrons. The first kappa shape index (κ1) is 96.2. The molecule has 4 aromatic carbocycles. The summed E-state index contributed by atoms with van der Waals surface area (Å²) in [6, 6.07) is 23.3. The molecule has 4 aromatic heterocycles. The van der Waals surface area contributed by atoms with Crippen LogP contribution >= 0.6 is 22.7 Å². The number of allylic oxidation sites excluding steroid dienone is 2. The van der Waals surface area contributed by atoms with Crippen molar-refractivity contribution in [3.8, 4) is 45.8 Å². The van der Waals surface area contributed by atoms with Gasteiger partial charge in [0.1, 0.15) is 94.0 Å². The van der Waals surface area contributed by atoms with Gasteiger partial charge in [-0.3, -0.25) is 33.7 Å². The van der Waals surface area contributed by atoms with Gasteiger partial charge < -0.3 is 80.3 Å². The number of methoxy groups -OCH3 is 2. The average molecular weight is 1890 g/mol. The maximum Gasteiger partial charge on any atom is 0.408 e. The van der Waals surface area contributed by atoms with Gasteiger partial charge in [0, 0.05) is 99.9 Å². The van der Waals surface area contributed by atoms with Gasteiger partial charge in [-0.1, -0.05) is 122 Å². The molecule has 34 nitrogen and oxygen atoms in total. The highest BCUT2D eigenvalue weighted by Crippen LogP contribution is 2.48. The van der Waals surface area contributed by atoms with Gasteiger partial charge in [0.25, 0.3) is 11.8 Å². The second kappa shape index (κ2) is 39.7. The minimum Gasteiger partial charge on any atom is -0.497 e. The standard InChI is InChI=1S/C49H57N7O10S.C48H59N7O10S2/c1-27(2)50-46-52-37(26-67-46)36-22-39(33-19-18-29(64-6)20-35(33)51-36)65-30-21-38-41(57)54-49(45(61)62)23-28(49)14-10-8-7-9-11-17-34(44(60)55(38)24-30)53-47(63)66-40(48(3,4)5)25-56-42(58)31-15-12-13-16-32(31)43(56)59;1-28(2)49-45-51-37(27-66-45)36-22-39(33-19-18-31(63-6)20-35(33)50-36)64-32-21-38-42(56)53-48(44(58)59)23-30(48)15-10-8-7-9-11-16-34(43(57)55(38)25-32)52-46(60)65-41(47(3,4)5)26-54-24-29-14-12-13-17-40(29)67(54,61)62/h10,12-16,18-20,22,26-28,30,34,38,40H,7-9,11,17,21,23-25H2,1-6H3,(H,50,52)(H,53,63)(H,54,57)(H,61,62);10,12-15,17-20,22,27-28,30,32,34,38,41H,7-9,11,16,21,23-26H2,1-6H3,(H,49,51)(H,52,60)(H,53,56)(H,58,59)/b14-10-;15-10-/t28?,30-,34+,38+,40-,49-;30?,32-,34+,38+,41-,48-/m11/s1. The lowest BCUT2D eigenvalue weighted by molar-refractivity contribution is -0.146. The number of ether oxygens (including phenoxy) is 6. The largest absolute Gasteiger partial charge is 0.497 e. The molecule has 0 bridgehead atoms. The number of fused-ring (bicyclic) bond motifs is 8. The third-order valence-corrected chi connectivity index (χ3v) is 29.2. The number of aliphatic carboxylic acids is 2. The Morgan fingerprint density at radius 2 is 0.985 bits per heavy atom. The van der Waals surface area contributed by atoms with Crippen LogP contribution in [-0.4, -0.2) is 229 Å². The van der Waals surface area contributed by atoms with Crippen molar-refractivity contribution in [1.29, 1.82) is 0 Å². The summed E-state index contributed by atoms with van der Waals surface area (Å²) in [5.41, 5.74) is 0.0993. The first-order chi connectivity index (χ1) is 63.8. The molecular weight excluding hydrogens is 1780 g/mol. The number of pyridine rings is 2. The molecule has 0 radical (unpaired) electrons. The number of amides is 8. The third kappa shape index (κ3) is 21.2. The van der Waals surface area contributed by atoms with Crippen molar-refractivity contribution >= 4 is 124 Å². The predicted molar refractivity (Wildman–Crippen MR) is 502 cm³/mol. The van der Waals surface area contributed by atoms with Crippen LogP contribution in [0, 0.1) is 22.7 Å². The van der Waals surface area contributed by atoms with Gasteiger partial charge in [0.15, 0.2) is 10.3 Å². The van der Waals surface area contributed by atoms with Crippen LogP contribution in [0.5, 0.6) is 23.0 Å². The van der Waals surface area contributed by atoms with E-state index in [0.717, 1.165) is 28.0 Å². The summed E-state index contributed by atoms with van der Waals surface area (Å²) >= 11 is 2.88. The molecule has 12 atom stereocenters. The smallest absolute Gasteiger partial charge is 0.408 e. The Kier molecular flexibility index (Phi) is 28.5. The number of carbonyl (C=O) groups excluding carboxylic acids is 8. The minimum absolute atomic E-state index is 0.00574. The molecule has 2 saturated heterocycles. The zero-order chi connectivity index (χ0) is 95.6. The Balaban J connectivity index is 0.000000204. The van der Waals surface area contributed by atoms with Gasteiger partial charge in [-0.05, 0) is 127 Å². The normalized spacial score (nSPS) is 24.7. The van der Waals surface area contributed by atoms with Crippen LogP contribution in [0.4, 0.5) is 19.9 Å². The molecule has 8 N–H and O–H groups in total. The van der Waals surface area contributed by atoms with Crippen molar-refractivity contribution in [2.24, 2.45) is 22.7 Å². The summed E-state index contributed by atoms with van der Waals surface area (Å²) in [5, 5.41) is 45.2. The number of hydrogen-bond donors (Lipinski definition) is 8. The van der Waals surface area contributed by atoms with E-state index < -0.39 is 152 Å². The maximum absolute atomic E-state index is 15.0. The number of sulfonamides is 1. The number of carbonyl (C=O) groups is 10. The quantitative estimate of drug-likeness (QED) is 0.0231. The lowest BCUT2D eigenvalue weighted by Gasteiger charge is -2.34. The van der Waals surface area contributed by atoms with Crippen LogP contribution in [0.2, 0.25) is 0 Å². The second-order valence-corrected chi connectivity index (χ2v) is 41.9. The van der Waals surface area contributed by atoms with E-state index in [1.54, 1.807) is 99.1 Å². The number of thiazole rings is 2. The van der Waals surface area contributed by atoms with E-state index in [1.807, 2.05) is 116 Å². The number of carboxylic acids is 2. The molecule has 0 spiro atoms. The van der Waals surface area contributed by atoms with E-state index in [1.165, 1.54) is 36.8 Å². The molecule has 6 aliphatic heterocycles. The number of aromatic nitrogens is 4. The molecule has 8 aromatic rings. The topological polar surface area (TPSA) is 437 Å². The molecular formula is C97H116N14O20S3. The number of anilines is 2. The number of alkyl carbamates (subject to hydrolysis) is 2. The summed E-state index contributed by atoms with van der Waals surface area (Å²) in [6.45, 7) is 18.7. The fourth-order valence-electron chi connectivity index (χ4n) is 17.9. The summed E-state index contributed by atoms with van der Waals surface area (Å²) < 4.78 is 65.0. The second-order valence-electron chi connectivity index (χ2n) is 38.3. The lowest BCUT2D eigenvalue weighted by atomic mass is 9.88. The number of hydrogen-bond acceptors (Lipinski definition) is 26. The van der Waals surface area contributed by atoms with E-state index >= 15 is 0 Å². The Morgan fingerprint density at radius 1 is 0.552 bits per heavy atom. The fraction of sp³-hybridized carbons (Fsp3) is 0.485. The van der Waals surface area contributed by atoms with Crippen molar-refractivity contribution in [2.75, 3.05) is 51.0 Å². The van der Waals surface area contributed by atoms with E-state index in [2.05, 4.69) is 31.9 Å². The number of carboxylic acid groups (broad SMARTS) is 2. The fourth-order valence-corrected chi connectivity index (χ4v) is 21.3. The van der Waals surface area contributed by atoms with Crippen LogP contribution in [0.15, 0.2) is 137 Å². The van der Waals surface area contributed by atoms with Crippen molar-refractivity contribution in [3.63, 3.8) is 0 Å². The van der Waals surface area contributed by atoms with Crippen molar-refractivity contribution in [1.82, 2.24) is 60.2 Å². The number of benzene rings is 4. The zero-order valence-electron chi connectivity index (χ0n) is 77.1. The SMILES string of the molecule is COc1ccc2c(O[C@@H]3C[C@H]4C(=O)N[C@]5(C(=O)O)CC5/C=C\CCCCC[C@H](NC(=O)O[C@H](CN5C(=O)c6ccccc6C5=O)C(C)(C)C)C(=O)N4C3)cc(-c3csc(NC(C)C)n3)nc2c1.COc1ccc2c(O[C@@H]3C[C@H]4C(=O)N[C@]5(C(=O)O)CC5/C=C\CCCCC[C@H](NC(=O)O[C@H](CN5Cc6ccccc6S5(=O)=O)C(C)(C)C)C(=O)N4C3)cc(-c3csc(NC(C)C)n3)nc2c1. The first-order valence-electron chi connectivity index (χ1n) is 45.6. The number of nitrogens with zero attached hydrogens (tertiary/aromatic N) is 8. The average Bonchev–Trinajstić information content (AvgIpc) is 1.58. The van der Waals surface area contributed by atoms with Crippen LogP contribution in [0.3, 0.4) is 0 Å². The molecule has 134 heavy (non-hydrogen) atoms. The highest BCUT2D eigenvalue weighted by molar-refractivity contribution is 7.89. The summed E-state index contributed by atoms with van der Waals surface area (Å²) in [4.78, 5) is 162. The van der Waals surface area contributed by atoms with Crippen LogP contribution in [0.1, 0.15) is 185 Å². The van der Waals surface area contributed by atoms with Crippen LogP contribution in [0.25, 0.3) is 44.6 Å². The van der Waals surface area contributed by atoms with Crippen molar-refractivity contribution in [3.05, 3.63) is 149 Å². The number of imide groups is 1. The van der Waals surface area contributed by atoms with Gasteiger partial charge >= 0.3 is 24.1 Å². The van der Waals surface area contributed by atoms with Gasteiger partial charge in [0.2, 0.25) is 33.7 Å². The third-order valence-electron chi connectivity index (χ3n) is 25.7. The Bertz CT molecular complexity index is 5710. The summed E-state index contributed by atoms with van der Waals surface area (Å²) in [5.74, 6) is -4.56. The molecule has 16 rings (SSSR count). The van der Waals surface area contributed by atoms with E-state index in [9.17, 15) is 66.6 Å². The molecule has 2 saturated carbocycles. The summed E-state index contributed by atoms with van der Waals surface area (Å²) in [7, 11) is -0.714. The first-order valence-corrected chi connectivity index (χ1v) is 48.8. The Labute approximate surface area is 785 Å². The zero-order valence-corrected chi connectivity index (χ0v) is 79.6. The van der Waals surface area contributed by atoms with Gasteiger partial charge in [0.05, 0.1) is 78.8 Å². The number of rotatable bonds is 22. The van der Waals surface area contributed by atoms with E-state index in [4.69, 9.17) is 48.4 Å². The molecule has 2 unspecified atom stereocenters. The molecule has 4 fully saturated rings. The van der Waals surface area contributed by atoms with Crippen LogP contribution < -0.4 is 50.8 Å². The monoisotopic (exact) mass is 1890 g/mol. The van der Waals surface area contributed by atoms with Crippen LogP contribution in [-0.2, 0) is 54.8 Å². The summed E-state index contributed by atoms with van der Waals surface area (Å²) in [6.07, 6.45) is 8.51. The van der Waals surface area contributed by atoms with E-state index in [-0.39, 0.29) is 99.4 Å². The van der Waals surface area contributed by atoms with Gasteiger partial charge in [-0.2, -0.15) is 4.31 Å². The lowest BCUT2D eigenvalue weighted by Crippen LogP contribution is -2.56. The number of nitrogens with one attached hydrogen (secondary N) is 6. The highest BCUT2D eigenvalue weighted by atomic mass is 32.2. The van der Waals surface area contributed by atoms with Crippen molar-refractivity contribution < 1.29 is 95.0 Å².